The largest absolute Gasteiger partial charge is 0.481 e. The van der Waals surface area contributed by atoms with Crippen LogP contribution in [0.5, 0.6) is 5.75 Å². The van der Waals surface area contributed by atoms with Crippen LogP contribution in [0, 0.1) is 17.8 Å². The summed E-state index contributed by atoms with van der Waals surface area (Å²) < 4.78 is 16.2. The van der Waals surface area contributed by atoms with Crippen molar-refractivity contribution in [1.29, 1.82) is 0 Å². The van der Waals surface area contributed by atoms with E-state index in [0.717, 1.165) is 44.6 Å². The third-order valence-electron chi connectivity index (χ3n) is 11.9. The van der Waals surface area contributed by atoms with Crippen molar-refractivity contribution in [3.63, 3.8) is 0 Å². The van der Waals surface area contributed by atoms with Gasteiger partial charge < -0.3 is 29.7 Å². The van der Waals surface area contributed by atoms with E-state index in [-0.39, 0.29) is 41.1 Å². The molecule has 5 rings (SSSR count). The number of fused-ring (bicyclic) bond motifs is 2. The summed E-state index contributed by atoms with van der Waals surface area (Å²) >= 11 is 0. The lowest BCUT2D eigenvalue weighted by Gasteiger charge is -2.30. The molecule has 5 amide bonds. The number of hydrogen-bond acceptors (Lipinski definition) is 13. The van der Waals surface area contributed by atoms with Crippen molar-refractivity contribution in [1.82, 2.24) is 15.1 Å². The van der Waals surface area contributed by atoms with Crippen LogP contribution in [0.2, 0.25) is 0 Å². The molecule has 17 heteroatoms. The number of esters is 2. The number of nitrogens with zero attached hydrogens (tertiary/aromatic N) is 2. The number of imide groups is 2. The summed E-state index contributed by atoms with van der Waals surface area (Å²) in [6, 6.07) is 16.7. The molecule has 2 aliphatic heterocycles. The number of allylic oxidation sites excluding steroid dienone is 1. The molecular formula is C53H59N3O14. The zero-order valence-corrected chi connectivity index (χ0v) is 39.4. The van der Waals surface area contributed by atoms with Gasteiger partial charge in [0.15, 0.2) is 19.1 Å². The number of carbonyl (C=O) groups is 9. The van der Waals surface area contributed by atoms with Crippen molar-refractivity contribution in [2.45, 2.75) is 115 Å². The summed E-state index contributed by atoms with van der Waals surface area (Å²) in [5, 5.41) is 24.9. The van der Waals surface area contributed by atoms with Crippen LogP contribution in [-0.4, -0.2) is 105 Å². The Morgan fingerprint density at radius 1 is 0.714 bits per heavy atom. The average molecular weight is 962 g/mol. The number of hydrogen-bond donors (Lipinski definition) is 3. The fourth-order valence-corrected chi connectivity index (χ4v) is 7.96. The highest BCUT2D eigenvalue weighted by Crippen LogP contribution is 2.28. The molecule has 0 saturated heterocycles. The summed E-state index contributed by atoms with van der Waals surface area (Å²) in [6.07, 6.45) is 10.2. The molecule has 0 saturated carbocycles. The molecule has 0 aliphatic carbocycles. The highest BCUT2D eigenvalue weighted by atomic mass is 16.6. The number of carboxylic acid groups (broad SMARTS) is 1. The fourth-order valence-electron chi connectivity index (χ4n) is 7.96. The normalized spacial score (nSPS) is 14.6. The van der Waals surface area contributed by atoms with Gasteiger partial charge in [-0.3, -0.25) is 33.6 Å². The quantitative estimate of drug-likeness (QED) is 0.0226. The maximum Gasteiger partial charge on any atom is 0.337 e. The SMILES string of the molecule is CC#CCOc1ccc(C[C@H](NC(=O)[C@@H](C=CCCCCCCC(=O)CCCCCCC)[C@@](O)(CC(=O)OCN2C(=O)c3ccccc3C2=O)C(=O)O)C(=O)OCN2C(=O)c3ccccc3C2=O)cc1. The average Bonchev–Trinajstić information content (AvgIpc) is 3.74. The van der Waals surface area contributed by atoms with Gasteiger partial charge in [-0.15, -0.1) is 5.92 Å². The van der Waals surface area contributed by atoms with E-state index in [2.05, 4.69) is 24.1 Å². The molecular weight excluding hydrogens is 903 g/mol. The van der Waals surface area contributed by atoms with E-state index in [1.165, 1.54) is 30.3 Å². The number of carboxylic acids is 1. The van der Waals surface area contributed by atoms with Crippen molar-refractivity contribution in [3.8, 4) is 17.6 Å². The summed E-state index contributed by atoms with van der Waals surface area (Å²) in [5.74, 6) is -4.66. The second-order valence-electron chi connectivity index (χ2n) is 17.0. The number of amides is 5. The molecule has 2 heterocycles. The van der Waals surface area contributed by atoms with E-state index in [4.69, 9.17) is 14.2 Å². The second-order valence-corrected chi connectivity index (χ2v) is 17.0. The number of benzene rings is 3. The Kier molecular flexibility index (Phi) is 20.1. The molecule has 2 aliphatic rings. The number of unbranched alkanes of at least 4 members (excludes halogenated alkanes) is 8. The maximum atomic E-state index is 14.4. The number of rotatable bonds is 29. The van der Waals surface area contributed by atoms with E-state index in [1.54, 1.807) is 55.5 Å². The Balaban J connectivity index is 1.33. The van der Waals surface area contributed by atoms with Crippen LogP contribution in [0.1, 0.15) is 144 Å². The van der Waals surface area contributed by atoms with Gasteiger partial charge in [-0.2, -0.15) is 0 Å². The standard InChI is InChI=1S/C53H59N3O14/c1-3-5-7-10-13-20-37(57)21-14-11-8-9-12-15-26-43(53(67,52(65)66)33-45(58)69-34-55-47(60)39-22-16-17-23-40(39)48(55)61)46(59)54-44(32-36-27-29-38(30-28-36)68-31-6-4-2)51(64)70-35-56-49(62)41-24-18-19-25-42(41)50(56)63/h15-19,22-30,43-44,67H,3,5,7-14,20-21,31-35H2,1-2H3,(H,54,59)(H,65,66)/t43-,44+,53+/m1/s1. The topological polar surface area (TPSA) is 240 Å². The van der Waals surface area contributed by atoms with Gasteiger partial charge >= 0.3 is 17.9 Å². The number of carbonyl (C=O) groups excluding carboxylic acids is 8. The van der Waals surface area contributed by atoms with Crippen molar-refractivity contribution < 1.29 is 67.6 Å². The monoisotopic (exact) mass is 961 g/mol. The third-order valence-corrected chi connectivity index (χ3v) is 11.9. The molecule has 3 aromatic carbocycles. The van der Waals surface area contributed by atoms with E-state index in [1.807, 2.05) is 0 Å². The first-order chi connectivity index (χ1) is 33.7. The van der Waals surface area contributed by atoms with Gasteiger partial charge in [0.1, 0.15) is 24.2 Å². The Labute approximate surface area is 406 Å². The van der Waals surface area contributed by atoms with Gasteiger partial charge in [-0.1, -0.05) is 99.9 Å². The Morgan fingerprint density at radius 3 is 1.74 bits per heavy atom. The minimum atomic E-state index is -3.23. The van der Waals surface area contributed by atoms with Crippen LogP contribution in [0.3, 0.4) is 0 Å². The number of nitrogens with one attached hydrogen (secondary N) is 1. The molecule has 0 bridgehead atoms. The molecule has 3 N–H and O–H groups in total. The number of ether oxygens (including phenoxy) is 3. The molecule has 0 unspecified atom stereocenters. The van der Waals surface area contributed by atoms with Gasteiger partial charge in [-0.05, 0) is 74.6 Å². The van der Waals surface area contributed by atoms with Gasteiger partial charge in [-0.25, -0.2) is 19.4 Å². The molecule has 17 nitrogen and oxygen atoms in total. The predicted octanol–water partition coefficient (Wildman–Crippen LogP) is 6.36. The van der Waals surface area contributed by atoms with Gasteiger partial charge in [0.2, 0.25) is 5.91 Å². The van der Waals surface area contributed by atoms with Crippen LogP contribution in [-0.2, 0) is 39.9 Å². The lowest BCUT2D eigenvalue weighted by atomic mass is 9.82. The highest BCUT2D eigenvalue weighted by molar-refractivity contribution is 6.22. The maximum absolute atomic E-state index is 14.4. The van der Waals surface area contributed by atoms with E-state index in [0.29, 0.717) is 59.6 Å². The molecule has 3 aromatic rings. The molecule has 0 aromatic heterocycles. The predicted molar refractivity (Wildman–Crippen MR) is 253 cm³/mol. The summed E-state index contributed by atoms with van der Waals surface area (Å²) in [7, 11) is 0. The van der Waals surface area contributed by atoms with Gasteiger partial charge in [0, 0.05) is 19.3 Å². The lowest BCUT2D eigenvalue weighted by Crippen LogP contribution is -2.56. The molecule has 0 radical (unpaired) electrons. The Morgan fingerprint density at radius 2 is 1.23 bits per heavy atom. The van der Waals surface area contributed by atoms with Crippen LogP contribution in [0.4, 0.5) is 0 Å². The summed E-state index contributed by atoms with van der Waals surface area (Å²) in [6.45, 7) is 2.14. The van der Waals surface area contributed by atoms with Crippen LogP contribution >= 0.6 is 0 Å². The number of aliphatic carboxylic acids is 1. The van der Waals surface area contributed by atoms with Crippen molar-refractivity contribution in [3.05, 3.63) is 113 Å². The summed E-state index contributed by atoms with van der Waals surface area (Å²) in [4.78, 5) is 120. The molecule has 70 heavy (non-hydrogen) atoms. The lowest BCUT2D eigenvalue weighted by molar-refractivity contribution is -0.175. The van der Waals surface area contributed by atoms with Gasteiger partial charge in [0.25, 0.3) is 23.6 Å². The first-order valence-electron chi connectivity index (χ1n) is 23.5. The minimum Gasteiger partial charge on any atom is -0.481 e. The first-order valence-corrected chi connectivity index (χ1v) is 23.5. The number of aliphatic hydroxyl groups is 1. The first kappa shape index (κ1) is 53.5. The Bertz CT molecular complexity index is 2440. The molecule has 370 valence electrons. The van der Waals surface area contributed by atoms with E-state index < -0.39 is 84.9 Å². The van der Waals surface area contributed by atoms with Crippen molar-refractivity contribution in [2.75, 3.05) is 20.1 Å². The smallest absolute Gasteiger partial charge is 0.337 e. The van der Waals surface area contributed by atoms with E-state index in [9.17, 15) is 53.4 Å². The molecule has 0 spiro atoms. The van der Waals surface area contributed by atoms with Crippen molar-refractivity contribution in [2.24, 2.45) is 5.92 Å². The number of Topliss-reactive ketones (excluding diaryl/α,β-unsaturated/α-hetero) is 1. The second kappa shape index (κ2) is 26.3. The summed E-state index contributed by atoms with van der Waals surface area (Å²) in [5.41, 5.74) is -2.45. The van der Waals surface area contributed by atoms with Crippen LogP contribution in [0.25, 0.3) is 0 Å². The zero-order chi connectivity index (χ0) is 50.6. The van der Waals surface area contributed by atoms with Crippen LogP contribution in [0.15, 0.2) is 84.9 Å². The van der Waals surface area contributed by atoms with Gasteiger partial charge in [0.05, 0.1) is 34.6 Å². The minimum absolute atomic E-state index is 0.0667. The third kappa shape index (κ3) is 14.3. The number of ketones is 1. The Hall–Kier alpha value is -7.45. The highest BCUT2D eigenvalue weighted by Gasteiger charge is 2.50. The van der Waals surface area contributed by atoms with Crippen LogP contribution < -0.4 is 10.1 Å². The molecule has 0 fully saturated rings. The molecule has 3 atom stereocenters. The van der Waals surface area contributed by atoms with E-state index >= 15 is 0 Å². The van der Waals surface area contributed by atoms with Crippen molar-refractivity contribution >= 4 is 53.2 Å². The zero-order valence-electron chi connectivity index (χ0n) is 39.4. The fraction of sp³-hybridized carbons (Fsp3) is 0.415.